The maximum absolute atomic E-state index is 12.6. The average molecular weight is 395 g/mol. The van der Waals surface area contributed by atoms with Crippen molar-refractivity contribution < 1.29 is 19.0 Å². The Kier molecular flexibility index (Phi) is 8.65. The van der Waals surface area contributed by atoms with Crippen LogP contribution in [0.1, 0.15) is 97.8 Å². The molecule has 0 amide bonds. The predicted octanol–water partition coefficient (Wildman–Crippen LogP) is 5.87. The van der Waals surface area contributed by atoms with E-state index in [1.54, 1.807) is 0 Å². The van der Waals surface area contributed by atoms with E-state index in [4.69, 9.17) is 14.2 Å². The molecule has 0 aromatic rings. The molecule has 0 spiro atoms. The Morgan fingerprint density at radius 3 is 2.21 bits per heavy atom. The Hall–Kier alpha value is -0.610. The highest BCUT2D eigenvalue weighted by atomic mass is 16.7. The molecule has 2 aliphatic carbocycles. The molecule has 0 aromatic carbocycles. The summed E-state index contributed by atoms with van der Waals surface area (Å²) in [6.07, 6.45) is 13.8. The van der Waals surface area contributed by atoms with Gasteiger partial charge in [-0.15, -0.1) is 0 Å². The zero-order chi connectivity index (χ0) is 19.9. The second-order valence-corrected chi connectivity index (χ2v) is 9.57. The van der Waals surface area contributed by atoms with Gasteiger partial charge in [0.1, 0.15) is 6.10 Å². The summed E-state index contributed by atoms with van der Waals surface area (Å²) >= 11 is 0. The first-order valence-corrected chi connectivity index (χ1v) is 12.1. The second kappa shape index (κ2) is 11.0. The summed E-state index contributed by atoms with van der Waals surface area (Å²) in [5, 5.41) is 0. The Morgan fingerprint density at radius 1 is 0.929 bits per heavy atom. The lowest BCUT2D eigenvalue weighted by atomic mass is 9.81. The number of carbonyl (C=O) groups excluding carboxylic acids is 1. The smallest absolute Gasteiger partial charge is 0.309 e. The molecule has 1 heterocycles. The topological polar surface area (TPSA) is 44.8 Å². The highest BCUT2D eigenvalue weighted by Crippen LogP contribution is 2.37. The zero-order valence-electron chi connectivity index (χ0n) is 18.4. The van der Waals surface area contributed by atoms with Crippen molar-refractivity contribution in [3.05, 3.63) is 0 Å². The second-order valence-electron chi connectivity index (χ2n) is 9.57. The van der Waals surface area contributed by atoms with Crippen LogP contribution in [-0.2, 0) is 19.0 Å². The van der Waals surface area contributed by atoms with Crippen LogP contribution in [0.5, 0.6) is 0 Å². The minimum Gasteiger partial charge on any atom is -0.462 e. The first-order valence-electron chi connectivity index (χ1n) is 12.1. The van der Waals surface area contributed by atoms with Gasteiger partial charge in [0.15, 0.2) is 6.29 Å². The average Bonchev–Trinajstić information content (AvgIpc) is 2.71. The number of hydrogen-bond acceptors (Lipinski definition) is 4. The number of hydrogen-bond donors (Lipinski definition) is 0. The van der Waals surface area contributed by atoms with Gasteiger partial charge in [-0.25, -0.2) is 0 Å². The van der Waals surface area contributed by atoms with E-state index in [2.05, 4.69) is 20.8 Å². The Bertz CT molecular complexity index is 463. The van der Waals surface area contributed by atoms with Crippen LogP contribution in [0.4, 0.5) is 0 Å². The molecule has 0 radical (unpaired) electrons. The van der Waals surface area contributed by atoms with Crippen molar-refractivity contribution in [2.75, 3.05) is 6.61 Å². The molecule has 4 nitrogen and oxygen atoms in total. The lowest BCUT2D eigenvalue weighted by molar-refractivity contribution is -0.257. The fourth-order valence-electron chi connectivity index (χ4n) is 5.49. The van der Waals surface area contributed by atoms with Crippen molar-refractivity contribution >= 4 is 5.97 Å². The first kappa shape index (κ1) is 22.1. The van der Waals surface area contributed by atoms with E-state index in [1.165, 1.54) is 38.5 Å². The van der Waals surface area contributed by atoms with Crippen molar-refractivity contribution in [1.29, 1.82) is 0 Å². The first-order chi connectivity index (χ1) is 13.6. The summed E-state index contributed by atoms with van der Waals surface area (Å²) in [6, 6.07) is 0. The third-order valence-corrected chi connectivity index (χ3v) is 7.41. The Labute approximate surface area is 172 Å². The monoisotopic (exact) mass is 394 g/mol. The van der Waals surface area contributed by atoms with E-state index in [0.29, 0.717) is 11.8 Å². The predicted molar refractivity (Wildman–Crippen MR) is 111 cm³/mol. The number of esters is 1. The summed E-state index contributed by atoms with van der Waals surface area (Å²) in [7, 11) is 0. The van der Waals surface area contributed by atoms with Gasteiger partial charge in [-0.05, 0) is 70.6 Å². The maximum Gasteiger partial charge on any atom is 0.309 e. The lowest BCUT2D eigenvalue weighted by Gasteiger charge is -2.40. The van der Waals surface area contributed by atoms with Gasteiger partial charge in [0.25, 0.3) is 0 Å². The van der Waals surface area contributed by atoms with E-state index in [-0.39, 0.29) is 30.4 Å². The van der Waals surface area contributed by atoms with Crippen molar-refractivity contribution in [3.63, 3.8) is 0 Å². The van der Waals surface area contributed by atoms with Gasteiger partial charge in [0, 0.05) is 11.8 Å². The fraction of sp³-hybridized carbons (Fsp3) is 0.958. The van der Waals surface area contributed by atoms with Crippen molar-refractivity contribution in [3.8, 4) is 0 Å². The number of carbonyl (C=O) groups is 1. The van der Waals surface area contributed by atoms with Crippen LogP contribution >= 0.6 is 0 Å². The maximum atomic E-state index is 12.6. The molecule has 3 aliphatic rings. The molecule has 3 atom stereocenters. The number of rotatable bonds is 7. The molecule has 1 aliphatic heterocycles. The SMILES string of the molecule is CCCC1CCC(OC(=O)C2CCC(C3OCC(CCC)C(C)O3)CC2)CC1. The van der Waals surface area contributed by atoms with Gasteiger partial charge in [-0.2, -0.15) is 0 Å². The largest absolute Gasteiger partial charge is 0.462 e. The van der Waals surface area contributed by atoms with Gasteiger partial charge in [-0.3, -0.25) is 4.79 Å². The molecule has 0 aromatic heterocycles. The molecule has 0 bridgehead atoms. The summed E-state index contributed by atoms with van der Waals surface area (Å²) < 4.78 is 18.2. The zero-order valence-corrected chi connectivity index (χ0v) is 18.4. The van der Waals surface area contributed by atoms with E-state index in [9.17, 15) is 4.79 Å². The van der Waals surface area contributed by atoms with Gasteiger partial charge in [-0.1, -0.05) is 33.1 Å². The van der Waals surface area contributed by atoms with Crippen molar-refractivity contribution in [2.45, 2.75) is 116 Å². The number of ether oxygens (including phenoxy) is 3. The summed E-state index contributed by atoms with van der Waals surface area (Å²) in [4.78, 5) is 12.6. The highest BCUT2D eigenvalue weighted by Gasteiger charge is 2.37. The Morgan fingerprint density at radius 2 is 1.61 bits per heavy atom. The third kappa shape index (κ3) is 5.95. The minimum atomic E-state index is -0.0751. The van der Waals surface area contributed by atoms with Crippen LogP contribution in [0, 0.1) is 23.7 Å². The van der Waals surface area contributed by atoms with E-state index in [1.807, 2.05) is 0 Å². The van der Waals surface area contributed by atoms with Gasteiger partial charge in [0.2, 0.25) is 0 Å². The molecule has 3 fully saturated rings. The molecule has 1 saturated heterocycles. The quantitative estimate of drug-likeness (QED) is 0.506. The normalized spacial score (nSPS) is 39.5. The molecule has 3 rings (SSSR count). The van der Waals surface area contributed by atoms with Crippen LogP contribution in [0.3, 0.4) is 0 Å². The molecule has 28 heavy (non-hydrogen) atoms. The van der Waals surface area contributed by atoms with Gasteiger partial charge < -0.3 is 14.2 Å². The summed E-state index contributed by atoms with van der Waals surface area (Å²) in [5.41, 5.74) is 0. The van der Waals surface area contributed by atoms with E-state index < -0.39 is 0 Å². The molecule has 0 N–H and O–H groups in total. The van der Waals surface area contributed by atoms with Crippen LogP contribution in [0.25, 0.3) is 0 Å². The molecule has 2 saturated carbocycles. The van der Waals surface area contributed by atoms with E-state index in [0.717, 1.165) is 51.0 Å². The van der Waals surface area contributed by atoms with Crippen LogP contribution < -0.4 is 0 Å². The fourth-order valence-corrected chi connectivity index (χ4v) is 5.49. The van der Waals surface area contributed by atoms with E-state index >= 15 is 0 Å². The standard InChI is InChI=1S/C24H42O4/c1-4-6-18-8-14-22(15-9-18)28-23(25)19-10-12-20(13-11-19)24-26-16-21(7-5-2)17(3)27-24/h17-22,24H,4-16H2,1-3H3. The molecule has 4 heteroatoms. The van der Waals surface area contributed by atoms with Crippen LogP contribution in [0.2, 0.25) is 0 Å². The minimum absolute atomic E-state index is 0.0549. The summed E-state index contributed by atoms with van der Waals surface area (Å²) in [6.45, 7) is 7.49. The summed E-state index contributed by atoms with van der Waals surface area (Å²) in [5.74, 6) is 1.95. The molecular formula is C24H42O4. The van der Waals surface area contributed by atoms with Gasteiger partial charge in [0.05, 0.1) is 18.6 Å². The molecular weight excluding hydrogens is 352 g/mol. The molecule has 162 valence electrons. The highest BCUT2D eigenvalue weighted by molar-refractivity contribution is 5.72. The Balaban J connectivity index is 1.36. The van der Waals surface area contributed by atoms with Crippen LogP contribution in [0.15, 0.2) is 0 Å². The molecule has 3 unspecified atom stereocenters. The van der Waals surface area contributed by atoms with Gasteiger partial charge >= 0.3 is 5.97 Å². The lowest BCUT2D eigenvalue weighted by Crippen LogP contribution is -2.43. The van der Waals surface area contributed by atoms with Crippen LogP contribution in [-0.4, -0.2) is 31.1 Å². The van der Waals surface area contributed by atoms with Crippen molar-refractivity contribution in [1.82, 2.24) is 0 Å². The van der Waals surface area contributed by atoms with Crippen molar-refractivity contribution in [2.24, 2.45) is 23.7 Å². The third-order valence-electron chi connectivity index (χ3n) is 7.41.